The number of ether oxygens (including phenoxy) is 1. The van der Waals surface area contributed by atoms with Gasteiger partial charge in [-0.25, -0.2) is 0 Å². The van der Waals surface area contributed by atoms with Crippen LogP contribution in [0.1, 0.15) is 43.0 Å². The van der Waals surface area contributed by atoms with E-state index in [2.05, 4.69) is 10.3 Å². The minimum absolute atomic E-state index is 0.0143. The van der Waals surface area contributed by atoms with Crippen molar-refractivity contribution in [3.63, 3.8) is 0 Å². The zero-order valence-electron chi connectivity index (χ0n) is 10.6. The molecule has 1 aromatic rings. The van der Waals surface area contributed by atoms with E-state index in [0.717, 1.165) is 51.0 Å². The topological polar surface area (TPSA) is 54.1 Å². The molecule has 1 fully saturated rings. The third-order valence-corrected chi connectivity index (χ3v) is 3.99. The molecule has 1 aliphatic carbocycles. The van der Waals surface area contributed by atoms with Gasteiger partial charge in [-0.15, -0.1) is 0 Å². The first-order chi connectivity index (χ1) is 8.83. The number of H-pyrrole nitrogens is 1. The molecule has 2 heterocycles. The Balaban J connectivity index is 1.76. The molecule has 1 unspecified atom stereocenters. The summed E-state index contributed by atoms with van der Waals surface area (Å²) in [5.41, 5.74) is 2.42. The number of fused-ring (bicyclic) bond motifs is 1. The second-order valence-electron chi connectivity index (χ2n) is 5.25. The Morgan fingerprint density at radius 1 is 1.22 bits per heavy atom. The minimum atomic E-state index is 0.0143. The molecule has 98 valence electrons. The molecule has 0 bridgehead atoms. The molecule has 0 spiro atoms. The highest BCUT2D eigenvalue weighted by atomic mass is 16.5. The van der Waals surface area contributed by atoms with Crippen LogP contribution >= 0.6 is 0 Å². The van der Waals surface area contributed by atoms with Crippen molar-refractivity contribution in [1.82, 2.24) is 10.3 Å². The van der Waals surface area contributed by atoms with Crippen molar-refractivity contribution in [2.75, 3.05) is 13.2 Å². The average molecular weight is 248 g/mol. The summed E-state index contributed by atoms with van der Waals surface area (Å²) in [5, 5.41) is 3.73. The van der Waals surface area contributed by atoms with Crippen LogP contribution in [0.25, 0.3) is 0 Å². The van der Waals surface area contributed by atoms with Gasteiger partial charge in [-0.3, -0.25) is 4.79 Å². The number of rotatable bonds is 2. The monoisotopic (exact) mass is 248 g/mol. The predicted molar refractivity (Wildman–Crippen MR) is 69.7 cm³/mol. The quantitative estimate of drug-likeness (QED) is 0.834. The largest absolute Gasteiger partial charge is 0.381 e. The fourth-order valence-electron chi connectivity index (χ4n) is 3.02. The zero-order valence-corrected chi connectivity index (χ0v) is 10.6. The van der Waals surface area contributed by atoms with Crippen LogP contribution in [0.15, 0.2) is 16.9 Å². The number of nitrogens with one attached hydrogen (secondary N) is 2. The van der Waals surface area contributed by atoms with Gasteiger partial charge in [0.1, 0.15) is 0 Å². The summed E-state index contributed by atoms with van der Waals surface area (Å²) in [6.45, 7) is 1.73. The summed E-state index contributed by atoms with van der Waals surface area (Å²) < 4.78 is 5.39. The maximum Gasteiger partial charge on any atom is 0.248 e. The molecule has 1 saturated heterocycles. The van der Waals surface area contributed by atoms with Crippen LogP contribution in [-0.4, -0.2) is 24.2 Å². The lowest BCUT2D eigenvalue weighted by Gasteiger charge is -2.32. The molecule has 2 aliphatic rings. The zero-order chi connectivity index (χ0) is 12.4. The van der Waals surface area contributed by atoms with E-state index in [4.69, 9.17) is 4.74 Å². The Hall–Kier alpha value is -1.13. The van der Waals surface area contributed by atoms with E-state index >= 15 is 0 Å². The van der Waals surface area contributed by atoms with Crippen LogP contribution in [0.4, 0.5) is 0 Å². The molecule has 4 heteroatoms. The van der Waals surface area contributed by atoms with Gasteiger partial charge in [-0.1, -0.05) is 6.07 Å². The first-order valence-electron chi connectivity index (χ1n) is 6.89. The SMILES string of the molecule is O=c1ccc2c([nH]1)CCCC2NC1CCOCC1. The molecule has 0 amide bonds. The summed E-state index contributed by atoms with van der Waals surface area (Å²) in [6.07, 6.45) is 5.49. The van der Waals surface area contributed by atoms with Gasteiger partial charge in [0.25, 0.3) is 0 Å². The highest BCUT2D eigenvalue weighted by Crippen LogP contribution is 2.28. The molecule has 2 N–H and O–H groups in total. The van der Waals surface area contributed by atoms with Crippen molar-refractivity contribution in [2.24, 2.45) is 0 Å². The highest BCUT2D eigenvalue weighted by Gasteiger charge is 2.24. The van der Waals surface area contributed by atoms with Gasteiger partial charge in [0, 0.05) is 37.1 Å². The van der Waals surface area contributed by atoms with Crippen molar-refractivity contribution >= 4 is 0 Å². The van der Waals surface area contributed by atoms with Crippen molar-refractivity contribution in [1.29, 1.82) is 0 Å². The smallest absolute Gasteiger partial charge is 0.248 e. The van der Waals surface area contributed by atoms with Crippen LogP contribution in [-0.2, 0) is 11.2 Å². The van der Waals surface area contributed by atoms with Gasteiger partial charge in [0.05, 0.1) is 0 Å². The van der Waals surface area contributed by atoms with Crippen LogP contribution in [0, 0.1) is 0 Å². The average Bonchev–Trinajstić information content (AvgIpc) is 2.40. The van der Waals surface area contributed by atoms with Crippen molar-refractivity contribution in [3.05, 3.63) is 33.7 Å². The van der Waals surface area contributed by atoms with Gasteiger partial charge in [-0.2, -0.15) is 0 Å². The third-order valence-electron chi connectivity index (χ3n) is 3.99. The highest BCUT2D eigenvalue weighted by molar-refractivity contribution is 5.26. The van der Waals surface area contributed by atoms with Gasteiger partial charge >= 0.3 is 0 Å². The van der Waals surface area contributed by atoms with Crippen molar-refractivity contribution in [3.8, 4) is 0 Å². The van der Waals surface area contributed by atoms with Gasteiger partial charge in [0.15, 0.2) is 0 Å². The molecule has 1 aromatic heterocycles. The van der Waals surface area contributed by atoms with E-state index in [1.165, 1.54) is 5.56 Å². The Kier molecular flexibility index (Phi) is 3.48. The summed E-state index contributed by atoms with van der Waals surface area (Å²) >= 11 is 0. The summed E-state index contributed by atoms with van der Waals surface area (Å²) in [6, 6.07) is 4.59. The van der Waals surface area contributed by atoms with Gasteiger partial charge in [0.2, 0.25) is 5.56 Å². The molecule has 0 aromatic carbocycles. The van der Waals surface area contributed by atoms with E-state index in [1.807, 2.05) is 6.07 Å². The van der Waals surface area contributed by atoms with Crippen LogP contribution in [0.3, 0.4) is 0 Å². The van der Waals surface area contributed by atoms with Crippen LogP contribution < -0.4 is 10.9 Å². The van der Waals surface area contributed by atoms with Crippen molar-refractivity contribution in [2.45, 2.75) is 44.2 Å². The summed E-state index contributed by atoms with van der Waals surface area (Å²) in [4.78, 5) is 14.3. The maximum atomic E-state index is 11.3. The third kappa shape index (κ3) is 2.49. The summed E-state index contributed by atoms with van der Waals surface area (Å²) in [5.74, 6) is 0. The molecular weight excluding hydrogens is 228 g/mol. The Morgan fingerprint density at radius 2 is 2.06 bits per heavy atom. The van der Waals surface area contributed by atoms with Crippen molar-refractivity contribution < 1.29 is 4.74 Å². The Morgan fingerprint density at radius 3 is 2.89 bits per heavy atom. The molecule has 1 atom stereocenters. The number of aromatic amines is 1. The van der Waals surface area contributed by atoms with Crippen LogP contribution in [0.2, 0.25) is 0 Å². The van der Waals surface area contributed by atoms with Gasteiger partial charge < -0.3 is 15.0 Å². The van der Waals surface area contributed by atoms with E-state index in [0.29, 0.717) is 12.1 Å². The molecular formula is C14H20N2O2. The molecule has 18 heavy (non-hydrogen) atoms. The molecule has 3 rings (SSSR count). The first-order valence-corrected chi connectivity index (χ1v) is 6.89. The second-order valence-corrected chi connectivity index (χ2v) is 5.25. The predicted octanol–water partition coefficient (Wildman–Crippen LogP) is 1.52. The number of hydrogen-bond donors (Lipinski definition) is 2. The lowest BCUT2D eigenvalue weighted by atomic mass is 9.90. The first kappa shape index (κ1) is 11.9. The second kappa shape index (κ2) is 5.24. The fourth-order valence-corrected chi connectivity index (χ4v) is 3.02. The van der Waals surface area contributed by atoms with Gasteiger partial charge in [-0.05, 0) is 37.7 Å². The fraction of sp³-hybridized carbons (Fsp3) is 0.643. The maximum absolute atomic E-state index is 11.3. The number of aromatic nitrogens is 1. The van der Waals surface area contributed by atoms with E-state index in [-0.39, 0.29) is 5.56 Å². The summed E-state index contributed by atoms with van der Waals surface area (Å²) in [7, 11) is 0. The number of pyridine rings is 1. The lowest BCUT2D eigenvalue weighted by molar-refractivity contribution is 0.0741. The Bertz CT molecular complexity index is 463. The number of hydrogen-bond acceptors (Lipinski definition) is 3. The lowest BCUT2D eigenvalue weighted by Crippen LogP contribution is -2.39. The molecule has 4 nitrogen and oxygen atoms in total. The number of aryl methyl sites for hydroxylation is 1. The van der Waals surface area contributed by atoms with E-state index < -0.39 is 0 Å². The van der Waals surface area contributed by atoms with E-state index in [1.54, 1.807) is 6.07 Å². The van der Waals surface area contributed by atoms with Crippen LogP contribution in [0.5, 0.6) is 0 Å². The van der Waals surface area contributed by atoms with E-state index in [9.17, 15) is 4.79 Å². The standard InChI is InChI=1S/C14H20N2O2/c17-14-5-4-11-12(2-1-3-13(11)16-14)15-10-6-8-18-9-7-10/h4-5,10,12,15H,1-3,6-9H2,(H,16,17). The normalized spacial score (nSPS) is 24.8. The molecule has 1 aliphatic heterocycles. The molecule has 0 radical (unpaired) electrons. The Labute approximate surface area is 107 Å². The molecule has 0 saturated carbocycles. The minimum Gasteiger partial charge on any atom is -0.381 e.